The molecule has 2 atom stereocenters. The number of rotatable bonds is 11. The van der Waals surface area contributed by atoms with Gasteiger partial charge >= 0.3 is 154 Å². The van der Waals surface area contributed by atoms with E-state index in [1.807, 2.05) is 44.2 Å². The Labute approximate surface area is 178 Å². The molecule has 0 aliphatic heterocycles. The van der Waals surface area contributed by atoms with Crippen molar-refractivity contribution in [3.63, 3.8) is 0 Å². The van der Waals surface area contributed by atoms with Crippen LogP contribution in [0.3, 0.4) is 0 Å². The Kier molecular flexibility index (Phi) is 11.7. The molecule has 1 aromatic rings. The molecule has 0 aliphatic carbocycles. The second kappa shape index (κ2) is 13.7. The van der Waals surface area contributed by atoms with Crippen LogP contribution in [0.15, 0.2) is 35.1 Å². The van der Waals surface area contributed by atoms with Gasteiger partial charge in [-0.3, -0.25) is 0 Å². The van der Waals surface area contributed by atoms with Gasteiger partial charge in [0.05, 0.1) is 0 Å². The van der Waals surface area contributed by atoms with Crippen molar-refractivity contribution >= 4 is 38.3 Å². The first kappa shape index (κ1) is 25.6. The van der Waals surface area contributed by atoms with Gasteiger partial charge in [-0.2, -0.15) is 0 Å². The van der Waals surface area contributed by atoms with E-state index < -0.39 is 35.7 Å². The molecular weight excluding hydrogens is 404 g/mol. The van der Waals surface area contributed by atoms with Crippen molar-refractivity contribution in [1.29, 1.82) is 0 Å². The van der Waals surface area contributed by atoms with Crippen LogP contribution in [-0.4, -0.2) is 55.8 Å². The molecule has 9 nitrogen and oxygen atoms in total. The average Bonchev–Trinajstić information content (AvgIpc) is 2.71. The second-order valence-corrected chi connectivity index (χ2v) is 7.46. The van der Waals surface area contributed by atoms with E-state index in [0.29, 0.717) is 6.42 Å². The van der Waals surface area contributed by atoms with E-state index in [2.05, 4.69) is 20.7 Å². The van der Waals surface area contributed by atoms with Crippen LogP contribution in [0.1, 0.15) is 25.8 Å². The molecule has 1 rings (SSSR count). The summed E-state index contributed by atoms with van der Waals surface area (Å²) in [6.45, 7) is 3.22. The van der Waals surface area contributed by atoms with E-state index in [0.717, 1.165) is 5.56 Å². The SMILES string of the molecule is B#P=NC(=O)CNC(=O)C(CC(C)C)NC(=O)C(Cc1ccccc1)NC(=O)CN. The molecule has 0 aromatic heterocycles. The predicted molar refractivity (Wildman–Crippen MR) is 116 cm³/mol. The molecule has 5 N–H and O–H groups in total. The summed E-state index contributed by atoms with van der Waals surface area (Å²) in [6, 6.07) is 7.38. The zero-order valence-corrected chi connectivity index (χ0v) is 18.0. The van der Waals surface area contributed by atoms with E-state index >= 15 is 0 Å². The molecule has 1 aromatic carbocycles. The van der Waals surface area contributed by atoms with Gasteiger partial charge in [0.15, 0.2) is 0 Å². The fourth-order valence-electron chi connectivity index (χ4n) is 2.67. The Morgan fingerprint density at radius 3 is 2.30 bits per heavy atom. The van der Waals surface area contributed by atoms with Crippen LogP contribution in [0.25, 0.3) is 0 Å². The third-order valence-electron chi connectivity index (χ3n) is 4.04. The molecular formula is C19H27BN5O4P. The molecule has 30 heavy (non-hydrogen) atoms. The van der Waals surface area contributed by atoms with E-state index in [1.165, 1.54) is 0 Å². The van der Waals surface area contributed by atoms with Crippen molar-refractivity contribution in [2.75, 3.05) is 13.1 Å². The number of nitrogens with one attached hydrogen (secondary N) is 3. The molecule has 0 saturated carbocycles. The fourth-order valence-corrected chi connectivity index (χ4v) is 2.87. The number of carbonyl (C=O) groups excluding carboxylic acids is 4. The summed E-state index contributed by atoms with van der Waals surface area (Å²) < 4.78 is 3.44. The van der Waals surface area contributed by atoms with Crippen LogP contribution >= 0.6 is 7.69 Å². The van der Waals surface area contributed by atoms with E-state index in [1.54, 1.807) is 0 Å². The molecule has 0 bridgehead atoms. The summed E-state index contributed by atoms with van der Waals surface area (Å²) in [5.41, 5.74) is 6.20. The van der Waals surface area contributed by atoms with Gasteiger partial charge in [-0.05, 0) is 0 Å². The number of hydrogen-bond donors (Lipinski definition) is 4. The van der Waals surface area contributed by atoms with Crippen LogP contribution in [0, 0.1) is 5.92 Å². The van der Waals surface area contributed by atoms with Gasteiger partial charge in [0.25, 0.3) is 0 Å². The number of carbonyl (C=O) groups is 4. The molecule has 0 spiro atoms. The van der Waals surface area contributed by atoms with Crippen LogP contribution < -0.4 is 21.7 Å². The third-order valence-corrected chi connectivity index (χ3v) is 4.38. The zero-order chi connectivity index (χ0) is 22.5. The van der Waals surface area contributed by atoms with Crippen LogP contribution in [0.4, 0.5) is 0 Å². The molecule has 11 heteroatoms. The summed E-state index contributed by atoms with van der Waals surface area (Å²) in [4.78, 5) is 48.7. The minimum Gasteiger partial charge on any atom is -0.322 e. The summed E-state index contributed by atoms with van der Waals surface area (Å²) in [5, 5.41) is 7.72. The van der Waals surface area contributed by atoms with E-state index in [9.17, 15) is 19.2 Å². The first-order chi connectivity index (χ1) is 14.3. The number of hydrogen-bond acceptors (Lipinski definition) is 5. The molecule has 0 aliphatic rings. The van der Waals surface area contributed by atoms with Crippen molar-refractivity contribution in [2.45, 2.75) is 38.8 Å². The molecule has 160 valence electrons. The van der Waals surface area contributed by atoms with E-state index in [-0.39, 0.29) is 33.1 Å². The van der Waals surface area contributed by atoms with Crippen LogP contribution in [0.2, 0.25) is 0 Å². The van der Waals surface area contributed by atoms with Crippen molar-refractivity contribution in [3.8, 4) is 0 Å². The minimum absolute atomic E-state index is 0.0600. The predicted octanol–water partition coefficient (Wildman–Crippen LogP) is 0.0596. The topological polar surface area (TPSA) is 143 Å². The Balaban J connectivity index is 2.91. The average molecular weight is 431 g/mol. The van der Waals surface area contributed by atoms with Crippen LogP contribution in [-0.2, 0) is 25.6 Å². The molecule has 4 amide bonds. The van der Waals surface area contributed by atoms with Crippen molar-refractivity contribution in [3.05, 3.63) is 35.9 Å². The van der Waals surface area contributed by atoms with Gasteiger partial charge in [0.2, 0.25) is 0 Å². The van der Waals surface area contributed by atoms with Crippen LogP contribution in [0.5, 0.6) is 0 Å². The van der Waals surface area contributed by atoms with Crippen molar-refractivity contribution in [1.82, 2.24) is 16.0 Å². The molecule has 0 saturated heterocycles. The summed E-state index contributed by atoms with van der Waals surface area (Å²) in [5.74, 6) is -1.99. The monoisotopic (exact) mass is 431 g/mol. The standard InChI is InChI=1S/C19H27BN5O4P/c1-12(2)8-14(18(28)22-11-17(27)25-30-20)24-19(29)15(23-16(26)10-21)9-13-6-4-3-5-7-13/h3-7,12,14-15H,8-11,21H2,1-2H3,(H,22,28)(H,23,26)(H,24,29). The number of nitrogens with two attached hydrogens (primary N) is 1. The number of nitrogens with zero attached hydrogens (tertiary/aromatic N) is 1. The Morgan fingerprint density at radius 1 is 1.07 bits per heavy atom. The second-order valence-electron chi connectivity index (χ2n) is 7.03. The summed E-state index contributed by atoms with van der Waals surface area (Å²) >= 11 is 0. The molecule has 0 radical (unpaired) electrons. The maximum atomic E-state index is 12.9. The maximum absolute atomic E-state index is 12.9. The van der Waals surface area contributed by atoms with Gasteiger partial charge in [0.1, 0.15) is 0 Å². The normalized spacial score (nSPS) is 12.5. The van der Waals surface area contributed by atoms with Crippen molar-refractivity contribution < 1.29 is 19.2 Å². The molecule has 0 heterocycles. The summed E-state index contributed by atoms with van der Waals surface area (Å²) in [6.07, 6.45) is 0.586. The van der Waals surface area contributed by atoms with Gasteiger partial charge in [-0.15, -0.1) is 0 Å². The minimum atomic E-state index is -0.904. The third kappa shape index (κ3) is 9.85. The summed E-state index contributed by atoms with van der Waals surface area (Å²) in [7, 11) is 5.21. The Hall–Kier alpha value is -2.45. The molecule has 0 fully saturated rings. The number of amides is 4. The van der Waals surface area contributed by atoms with Gasteiger partial charge in [0, 0.05) is 0 Å². The fraction of sp³-hybridized carbons (Fsp3) is 0.474. The van der Waals surface area contributed by atoms with Gasteiger partial charge in [-0.1, -0.05) is 18.2 Å². The smallest absolute Gasteiger partial charge is 0.322 e. The Morgan fingerprint density at radius 2 is 1.73 bits per heavy atom. The quantitative estimate of drug-likeness (QED) is 0.290. The van der Waals surface area contributed by atoms with Crippen molar-refractivity contribution in [2.24, 2.45) is 16.4 Å². The number of benzene rings is 1. The zero-order valence-electron chi connectivity index (χ0n) is 17.1. The molecule has 2 unspecified atom stereocenters. The first-order valence-corrected chi connectivity index (χ1v) is 10.4. The Bertz CT molecular complexity index is 847. The van der Waals surface area contributed by atoms with Gasteiger partial charge < -0.3 is 5.73 Å². The van der Waals surface area contributed by atoms with E-state index in [4.69, 9.17) is 12.7 Å². The van der Waals surface area contributed by atoms with Gasteiger partial charge in [-0.25, -0.2) is 0 Å². The first-order valence-electron chi connectivity index (χ1n) is 9.52.